The first kappa shape index (κ1) is 8.44. The third kappa shape index (κ3) is 1.95. The molecule has 0 atom stereocenters. The zero-order valence-electron chi connectivity index (χ0n) is 7.44. The smallest absolute Gasteiger partial charge is 0.316 e. The second-order valence-electron chi connectivity index (χ2n) is 3.25. The summed E-state index contributed by atoms with van der Waals surface area (Å²) in [5.41, 5.74) is 6.35. The molecule has 0 spiro atoms. The van der Waals surface area contributed by atoms with E-state index in [1.54, 1.807) is 12.4 Å². The second kappa shape index (κ2) is 3.70. The highest BCUT2D eigenvalue weighted by atomic mass is 16.5. The van der Waals surface area contributed by atoms with E-state index in [0.29, 0.717) is 18.7 Å². The normalized spacial score (nSPS) is 16.7. The molecule has 2 rings (SSSR count). The van der Waals surface area contributed by atoms with E-state index in [1.807, 2.05) is 0 Å². The second-order valence-corrected chi connectivity index (χ2v) is 3.25. The van der Waals surface area contributed by atoms with Crippen LogP contribution < -0.4 is 10.5 Å². The molecule has 4 heteroatoms. The van der Waals surface area contributed by atoms with Gasteiger partial charge in [0.2, 0.25) is 0 Å². The number of aromatic nitrogens is 2. The lowest BCUT2D eigenvalue weighted by Gasteiger charge is -2.24. The molecule has 0 aliphatic heterocycles. The van der Waals surface area contributed by atoms with Crippen molar-refractivity contribution in [1.29, 1.82) is 0 Å². The summed E-state index contributed by atoms with van der Waals surface area (Å²) in [6, 6.07) is 0.474. The molecule has 1 aliphatic rings. The van der Waals surface area contributed by atoms with Gasteiger partial charge in [0.1, 0.15) is 6.10 Å². The van der Waals surface area contributed by atoms with Crippen LogP contribution in [0.25, 0.3) is 0 Å². The fourth-order valence-corrected chi connectivity index (χ4v) is 1.15. The van der Waals surface area contributed by atoms with Gasteiger partial charge in [-0.2, -0.15) is 0 Å². The largest absolute Gasteiger partial charge is 0.460 e. The van der Waals surface area contributed by atoms with Crippen molar-refractivity contribution in [2.45, 2.75) is 31.9 Å². The highest BCUT2D eigenvalue weighted by Crippen LogP contribution is 2.22. The maximum Gasteiger partial charge on any atom is 0.316 e. The third-order valence-electron chi connectivity index (χ3n) is 2.24. The molecular weight excluding hydrogens is 166 g/mol. The molecule has 1 heterocycles. The maximum atomic E-state index is 5.49. The van der Waals surface area contributed by atoms with Crippen LogP contribution >= 0.6 is 0 Å². The van der Waals surface area contributed by atoms with Gasteiger partial charge in [0, 0.05) is 24.5 Å². The van der Waals surface area contributed by atoms with E-state index in [2.05, 4.69) is 9.97 Å². The molecule has 1 aromatic heterocycles. The van der Waals surface area contributed by atoms with Gasteiger partial charge in [-0.15, -0.1) is 0 Å². The Labute approximate surface area is 77.1 Å². The van der Waals surface area contributed by atoms with Gasteiger partial charge in [-0.1, -0.05) is 0 Å². The molecule has 0 saturated heterocycles. The van der Waals surface area contributed by atoms with Gasteiger partial charge in [-0.05, 0) is 19.3 Å². The average molecular weight is 179 g/mol. The van der Waals surface area contributed by atoms with Crippen LogP contribution in [0.1, 0.15) is 24.8 Å². The summed E-state index contributed by atoms with van der Waals surface area (Å²) < 4.78 is 5.49. The Morgan fingerprint density at radius 1 is 1.38 bits per heavy atom. The number of hydrogen-bond donors (Lipinski definition) is 1. The first-order valence-corrected chi connectivity index (χ1v) is 4.56. The molecule has 2 N–H and O–H groups in total. The molecule has 13 heavy (non-hydrogen) atoms. The van der Waals surface area contributed by atoms with Gasteiger partial charge >= 0.3 is 6.01 Å². The molecule has 0 amide bonds. The Kier molecular flexibility index (Phi) is 2.40. The van der Waals surface area contributed by atoms with E-state index in [9.17, 15) is 0 Å². The van der Waals surface area contributed by atoms with Crippen LogP contribution in [0.15, 0.2) is 12.4 Å². The summed E-state index contributed by atoms with van der Waals surface area (Å²) in [5.74, 6) is 0. The Hall–Kier alpha value is -1.16. The fraction of sp³-hybridized carbons (Fsp3) is 0.556. The number of rotatable bonds is 3. The van der Waals surface area contributed by atoms with Crippen molar-refractivity contribution in [1.82, 2.24) is 9.97 Å². The minimum Gasteiger partial charge on any atom is -0.460 e. The number of nitrogens with two attached hydrogens (primary N) is 1. The predicted octanol–water partition coefficient (Wildman–Crippen LogP) is 0.867. The summed E-state index contributed by atoms with van der Waals surface area (Å²) in [6.07, 6.45) is 7.26. The monoisotopic (exact) mass is 179 g/mol. The van der Waals surface area contributed by atoms with Gasteiger partial charge < -0.3 is 10.5 Å². The zero-order valence-corrected chi connectivity index (χ0v) is 7.44. The van der Waals surface area contributed by atoms with Crippen molar-refractivity contribution < 1.29 is 4.74 Å². The van der Waals surface area contributed by atoms with E-state index in [-0.39, 0.29) is 0 Å². The van der Waals surface area contributed by atoms with Gasteiger partial charge in [0.15, 0.2) is 0 Å². The van der Waals surface area contributed by atoms with Gasteiger partial charge in [-0.3, -0.25) is 0 Å². The molecule has 1 aromatic rings. The van der Waals surface area contributed by atoms with Crippen LogP contribution in [0, 0.1) is 0 Å². The van der Waals surface area contributed by atoms with Crippen LogP contribution in [0.3, 0.4) is 0 Å². The van der Waals surface area contributed by atoms with Crippen LogP contribution in [0.4, 0.5) is 0 Å². The first-order valence-electron chi connectivity index (χ1n) is 4.56. The van der Waals surface area contributed by atoms with Crippen molar-refractivity contribution in [2.24, 2.45) is 5.73 Å². The Balaban J connectivity index is 1.96. The predicted molar refractivity (Wildman–Crippen MR) is 48.2 cm³/mol. The van der Waals surface area contributed by atoms with Crippen LogP contribution in [0.2, 0.25) is 0 Å². The number of nitrogens with zero attached hydrogens (tertiary/aromatic N) is 2. The first-order chi connectivity index (χ1) is 6.38. The topological polar surface area (TPSA) is 61.0 Å². The highest BCUT2D eigenvalue weighted by molar-refractivity contribution is 5.07. The van der Waals surface area contributed by atoms with Gasteiger partial charge in [-0.25, -0.2) is 9.97 Å². The summed E-state index contributed by atoms with van der Waals surface area (Å²) in [5, 5.41) is 0. The van der Waals surface area contributed by atoms with E-state index >= 15 is 0 Å². The van der Waals surface area contributed by atoms with E-state index in [0.717, 1.165) is 18.4 Å². The molecule has 0 aromatic carbocycles. The fourth-order valence-electron chi connectivity index (χ4n) is 1.15. The summed E-state index contributed by atoms with van der Waals surface area (Å²) in [4.78, 5) is 8.12. The van der Waals surface area contributed by atoms with Crippen molar-refractivity contribution in [2.75, 3.05) is 0 Å². The summed E-state index contributed by atoms with van der Waals surface area (Å²) in [6.45, 7) is 0.476. The lowest BCUT2D eigenvalue weighted by Crippen LogP contribution is -2.25. The van der Waals surface area contributed by atoms with Crippen LogP contribution in [-0.4, -0.2) is 16.1 Å². The summed E-state index contributed by atoms with van der Waals surface area (Å²) in [7, 11) is 0. The van der Waals surface area contributed by atoms with Crippen molar-refractivity contribution >= 4 is 0 Å². The molecule has 0 bridgehead atoms. The molecule has 0 radical (unpaired) electrons. The van der Waals surface area contributed by atoms with E-state index < -0.39 is 0 Å². The van der Waals surface area contributed by atoms with E-state index in [4.69, 9.17) is 10.5 Å². The number of hydrogen-bond acceptors (Lipinski definition) is 4. The van der Waals surface area contributed by atoms with Gasteiger partial charge in [0.25, 0.3) is 0 Å². The molecule has 4 nitrogen and oxygen atoms in total. The van der Waals surface area contributed by atoms with Crippen molar-refractivity contribution in [3.8, 4) is 6.01 Å². The Morgan fingerprint density at radius 3 is 2.54 bits per heavy atom. The van der Waals surface area contributed by atoms with Crippen LogP contribution in [0.5, 0.6) is 6.01 Å². The molecule has 1 aliphatic carbocycles. The quantitative estimate of drug-likeness (QED) is 0.747. The molecule has 70 valence electrons. The highest BCUT2D eigenvalue weighted by Gasteiger charge is 2.19. The number of ether oxygens (including phenoxy) is 1. The minimum absolute atomic E-state index is 0.337. The third-order valence-corrected chi connectivity index (χ3v) is 2.24. The molecule has 1 saturated carbocycles. The average Bonchev–Trinajstić information content (AvgIpc) is 2.12. The maximum absolute atomic E-state index is 5.49. The van der Waals surface area contributed by atoms with E-state index in [1.165, 1.54) is 6.42 Å². The SMILES string of the molecule is NCc1cnc(OC2CCC2)nc1. The zero-order chi connectivity index (χ0) is 9.10. The minimum atomic E-state index is 0.337. The molecule has 0 unspecified atom stereocenters. The Bertz CT molecular complexity index is 269. The standard InChI is InChI=1S/C9H13N3O/c10-4-7-5-11-9(12-6-7)13-8-2-1-3-8/h5-6,8H,1-4,10H2. The van der Waals surface area contributed by atoms with Crippen LogP contribution in [-0.2, 0) is 6.54 Å². The van der Waals surface area contributed by atoms with Gasteiger partial charge in [0.05, 0.1) is 0 Å². The van der Waals surface area contributed by atoms with Crippen molar-refractivity contribution in [3.05, 3.63) is 18.0 Å². The lowest BCUT2D eigenvalue weighted by molar-refractivity contribution is 0.108. The molecular formula is C9H13N3O. The van der Waals surface area contributed by atoms with Crippen molar-refractivity contribution in [3.63, 3.8) is 0 Å². The Morgan fingerprint density at radius 2 is 2.08 bits per heavy atom. The lowest BCUT2D eigenvalue weighted by atomic mass is 9.96. The molecule has 1 fully saturated rings. The summed E-state index contributed by atoms with van der Waals surface area (Å²) >= 11 is 0.